The second-order valence-corrected chi connectivity index (χ2v) is 7.48. The van der Waals surface area contributed by atoms with Crippen LogP contribution >= 0.6 is 11.8 Å². The minimum Gasteiger partial charge on any atom is -0.317 e. The molecule has 0 bridgehead atoms. The molecule has 0 saturated heterocycles. The average molecular weight is 379 g/mol. The zero-order valence-corrected chi connectivity index (χ0v) is 15.4. The van der Waals surface area contributed by atoms with Crippen LogP contribution in [0.1, 0.15) is 34.1 Å². The van der Waals surface area contributed by atoms with E-state index in [1.165, 1.54) is 11.8 Å². The molecule has 0 saturated carbocycles. The Morgan fingerprint density at radius 3 is 2.15 bits per heavy atom. The van der Waals surface area contributed by atoms with Gasteiger partial charge in [-0.2, -0.15) is 0 Å². The van der Waals surface area contributed by atoms with E-state index in [1.54, 1.807) is 24.3 Å². The Labute approximate surface area is 160 Å². The van der Waals surface area contributed by atoms with Crippen molar-refractivity contribution < 1.29 is 14.4 Å². The number of hydrogen-bond donors (Lipinski definition) is 2. The standard InChI is InChI=1S/C20H17N3O3S/c1-12-16(27-13-7-3-2-4-8-13)11-17(22-20(26)21-12)23-18(24)14-9-5-6-10-15(14)19(23)25/h2-10,17H,11H2,1H3,(H2,21,22,26). The zero-order chi connectivity index (χ0) is 19.0. The van der Waals surface area contributed by atoms with Crippen LogP contribution in [0.3, 0.4) is 0 Å². The number of nitrogens with zero attached hydrogens (tertiary/aromatic N) is 1. The third-order valence-electron chi connectivity index (χ3n) is 4.52. The van der Waals surface area contributed by atoms with Crippen molar-refractivity contribution in [2.24, 2.45) is 0 Å². The van der Waals surface area contributed by atoms with Crippen molar-refractivity contribution in [2.45, 2.75) is 24.4 Å². The average Bonchev–Trinajstić information content (AvgIpc) is 2.83. The summed E-state index contributed by atoms with van der Waals surface area (Å²) in [6.07, 6.45) is -0.406. The largest absolute Gasteiger partial charge is 0.320 e. The van der Waals surface area contributed by atoms with Crippen LogP contribution in [0.2, 0.25) is 0 Å². The second-order valence-electron chi connectivity index (χ2n) is 6.31. The van der Waals surface area contributed by atoms with Crippen molar-refractivity contribution >= 4 is 29.6 Å². The molecule has 0 aliphatic carbocycles. The quantitative estimate of drug-likeness (QED) is 0.802. The van der Waals surface area contributed by atoms with Crippen molar-refractivity contribution in [2.75, 3.05) is 0 Å². The van der Waals surface area contributed by atoms with Gasteiger partial charge in [-0.1, -0.05) is 42.1 Å². The molecule has 0 fully saturated rings. The highest BCUT2D eigenvalue weighted by Crippen LogP contribution is 2.34. The molecule has 6 nitrogen and oxygen atoms in total. The van der Waals surface area contributed by atoms with E-state index in [0.29, 0.717) is 23.2 Å². The van der Waals surface area contributed by atoms with Crippen LogP contribution in [-0.4, -0.2) is 28.9 Å². The lowest BCUT2D eigenvalue weighted by Crippen LogP contribution is -2.51. The number of rotatable bonds is 3. The van der Waals surface area contributed by atoms with E-state index < -0.39 is 12.2 Å². The summed E-state index contributed by atoms with van der Waals surface area (Å²) in [5, 5.41) is 5.52. The fraction of sp³-hybridized carbons (Fsp3) is 0.150. The van der Waals surface area contributed by atoms with Crippen molar-refractivity contribution in [1.82, 2.24) is 15.5 Å². The molecule has 2 N–H and O–H groups in total. The summed E-state index contributed by atoms with van der Waals surface area (Å²) < 4.78 is 0. The predicted molar refractivity (Wildman–Crippen MR) is 102 cm³/mol. The van der Waals surface area contributed by atoms with Crippen LogP contribution < -0.4 is 10.6 Å². The van der Waals surface area contributed by atoms with Gasteiger partial charge in [-0.15, -0.1) is 0 Å². The number of thioether (sulfide) groups is 1. The lowest BCUT2D eigenvalue weighted by Gasteiger charge is -2.26. The van der Waals surface area contributed by atoms with Gasteiger partial charge in [0.05, 0.1) is 11.1 Å². The fourth-order valence-corrected chi connectivity index (χ4v) is 4.23. The first kappa shape index (κ1) is 17.4. The summed E-state index contributed by atoms with van der Waals surface area (Å²) in [6.45, 7) is 1.82. The summed E-state index contributed by atoms with van der Waals surface area (Å²) in [7, 11) is 0. The molecule has 2 aliphatic heterocycles. The molecule has 1 unspecified atom stereocenters. The van der Waals surface area contributed by atoms with Crippen molar-refractivity contribution in [1.29, 1.82) is 0 Å². The number of nitrogens with one attached hydrogen (secondary N) is 2. The van der Waals surface area contributed by atoms with Gasteiger partial charge in [-0.3, -0.25) is 14.5 Å². The maximum absolute atomic E-state index is 12.8. The van der Waals surface area contributed by atoms with E-state index in [0.717, 1.165) is 14.7 Å². The molecule has 4 amide bonds. The number of urea groups is 1. The lowest BCUT2D eigenvalue weighted by molar-refractivity contribution is 0.0567. The highest BCUT2D eigenvalue weighted by Gasteiger charge is 2.41. The molecular formula is C20H17N3O3S. The Hall–Kier alpha value is -3.06. The second kappa shape index (κ2) is 6.92. The number of carbonyl (C=O) groups is 3. The molecule has 7 heteroatoms. The maximum Gasteiger partial charge on any atom is 0.320 e. The predicted octanol–water partition coefficient (Wildman–Crippen LogP) is 3.34. The van der Waals surface area contributed by atoms with Crippen LogP contribution in [0.25, 0.3) is 0 Å². The Bertz CT molecular complexity index is 936. The molecule has 0 radical (unpaired) electrons. The number of hydrogen-bond acceptors (Lipinski definition) is 4. The van der Waals surface area contributed by atoms with Gasteiger partial charge in [0, 0.05) is 21.9 Å². The number of fused-ring (bicyclic) bond motifs is 1. The minimum absolute atomic E-state index is 0.343. The first-order chi connectivity index (χ1) is 13.0. The van der Waals surface area contributed by atoms with Crippen LogP contribution in [0, 0.1) is 0 Å². The van der Waals surface area contributed by atoms with Gasteiger partial charge in [0.25, 0.3) is 11.8 Å². The van der Waals surface area contributed by atoms with Gasteiger partial charge in [0.15, 0.2) is 0 Å². The van der Waals surface area contributed by atoms with Crippen LogP contribution in [0.4, 0.5) is 4.79 Å². The SMILES string of the molecule is CC1=C(Sc2ccccc2)CC(N2C(=O)c3ccccc3C2=O)NC(=O)N1. The molecule has 0 spiro atoms. The van der Waals surface area contributed by atoms with E-state index in [-0.39, 0.29) is 11.8 Å². The Balaban J connectivity index is 1.65. The molecule has 2 aromatic rings. The number of allylic oxidation sites excluding steroid dienone is 1. The van der Waals surface area contributed by atoms with Gasteiger partial charge in [0.2, 0.25) is 0 Å². The van der Waals surface area contributed by atoms with Gasteiger partial charge in [-0.25, -0.2) is 4.79 Å². The zero-order valence-electron chi connectivity index (χ0n) is 14.6. The first-order valence-electron chi connectivity index (χ1n) is 8.51. The van der Waals surface area contributed by atoms with E-state index >= 15 is 0 Å². The Morgan fingerprint density at radius 1 is 0.926 bits per heavy atom. The molecule has 136 valence electrons. The van der Waals surface area contributed by atoms with Crippen LogP contribution in [0.15, 0.2) is 70.1 Å². The minimum atomic E-state index is -0.749. The molecule has 2 aliphatic rings. The summed E-state index contributed by atoms with van der Waals surface area (Å²) in [5.74, 6) is -0.769. The molecule has 2 heterocycles. The summed E-state index contributed by atoms with van der Waals surface area (Å²) in [5.41, 5.74) is 1.44. The molecule has 0 aromatic heterocycles. The van der Waals surface area contributed by atoms with Crippen molar-refractivity contribution in [3.05, 3.63) is 76.3 Å². The Kier molecular flexibility index (Phi) is 4.45. The maximum atomic E-state index is 12.8. The highest BCUT2D eigenvalue weighted by molar-refractivity contribution is 8.03. The van der Waals surface area contributed by atoms with Gasteiger partial charge in [0.1, 0.15) is 6.17 Å². The molecule has 1 atom stereocenters. The van der Waals surface area contributed by atoms with E-state index in [1.807, 2.05) is 37.3 Å². The first-order valence-corrected chi connectivity index (χ1v) is 9.33. The number of carbonyl (C=O) groups excluding carboxylic acids is 3. The van der Waals surface area contributed by atoms with E-state index in [9.17, 15) is 14.4 Å². The van der Waals surface area contributed by atoms with Gasteiger partial charge < -0.3 is 10.6 Å². The van der Waals surface area contributed by atoms with Crippen molar-refractivity contribution in [3.8, 4) is 0 Å². The van der Waals surface area contributed by atoms with Gasteiger partial charge in [-0.05, 0) is 31.2 Å². The molecule has 27 heavy (non-hydrogen) atoms. The Morgan fingerprint density at radius 2 is 1.52 bits per heavy atom. The topological polar surface area (TPSA) is 78.5 Å². The molecule has 2 aromatic carbocycles. The van der Waals surface area contributed by atoms with Crippen molar-refractivity contribution in [3.63, 3.8) is 0 Å². The summed E-state index contributed by atoms with van der Waals surface area (Å²) in [6, 6.07) is 16.0. The normalized spacial score (nSPS) is 19.5. The number of benzene rings is 2. The fourth-order valence-electron chi connectivity index (χ4n) is 3.20. The van der Waals surface area contributed by atoms with Crippen LogP contribution in [-0.2, 0) is 0 Å². The summed E-state index contributed by atoms with van der Waals surface area (Å²) >= 11 is 1.51. The van der Waals surface area contributed by atoms with Crippen LogP contribution in [0.5, 0.6) is 0 Å². The number of amides is 4. The third kappa shape index (κ3) is 3.21. The number of imide groups is 1. The van der Waals surface area contributed by atoms with E-state index in [4.69, 9.17) is 0 Å². The highest BCUT2D eigenvalue weighted by atomic mass is 32.2. The third-order valence-corrected chi connectivity index (χ3v) is 5.74. The smallest absolute Gasteiger partial charge is 0.317 e. The summed E-state index contributed by atoms with van der Waals surface area (Å²) in [4.78, 5) is 40.8. The van der Waals surface area contributed by atoms with Gasteiger partial charge >= 0.3 is 6.03 Å². The molecular weight excluding hydrogens is 362 g/mol. The van der Waals surface area contributed by atoms with E-state index in [2.05, 4.69) is 10.6 Å². The monoisotopic (exact) mass is 379 g/mol. The lowest BCUT2D eigenvalue weighted by atomic mass is 10.1. The molecule has 4 rings (SSSR count).